The molecule has 1 fully saturated rings. The molecule has 4 aromatic heterocycles. The summed E-state index contributed by atoms with van der Waals surface area (Å²) < 4.78 is 29.2. The Morgan fingerprint density at radius 2 is 1.97 bits per heavy atom. The molecule has 6 rings (SSSR count). The van der Waals surface area contributed by atoms with Gasteiger partial charge in [-0.15, -0.1) is 0 Å². The fourth-order valence-corrected chi connectivity index (χ4v) is 5.69. The molecule has 14 heteroatoms. The minimum atomic E-state index is -0.623. The van der Waals surface area contributed by atoms with Crippen LogP contribution in [0.25, 0.3) is 27.3 Å². The largest absolute Gasteiger partial charge is 0.484 e. The van der Waals surface area contributed by atoms with Crippen molar-refractivity contribution in [1.29, 1.82) is 0 Å². The van der Waals surface area contributed by atoms with E-state index in [4.69, 9.17) is 20.6 Å². The predicted octanol–water partition coefficient (Wildman–Crippen LogP) is 1.77. The van der Waals surface area contributed by atoms with E-state index in [2.05, 4.69) is 15.0 Å². The van der Waals surface area contributed by atoms with Gasteiger partial charge < -0.3 is 25.5 Å². The molecule has 1 aliphatic rings. The molecule has 39 heavy (non-hydrogen) atoms. The zero-order valence-electron chi connectivity index (χ0n) is 20.7. The monoisotopic (exact) mass is 552 g/mol. The number of benzene rings is 1. The highest BCUT2D eigenvalue weighted by atomic mass is 32.1. The second-order valence-electron chi connectivity index (χ2n) is 9.14. The molecule has 0 radical (unpaired) electrons. The van der Waals surface area contributed by atoms with E-state index in [1.165, 1.54) is 10.6 Å². The lowest BCUT2D eigenvalue weighted by Crippen LogP contribution is -2.47. The Balaban J connectivity index is 1.14. The van der Waals surface area contributed by atoms with Crippen LogP contribution in [0.5, 0.6) is 5.75 Å². The van der Waals surface area contributed by atoms with Gasteiger partial charge in [0.1, 0.15) is 22.0 Å². The van der Waals surface area contributed by atoms with Crippen molar-refractivity contribution < 1.29 is 18.3 Å². The molecule has 0 aliphatic carbocycles. The molecule has 1 amide bonds. The molecule has 1 saturated heterocycles. The highest BCUT2D eigenvalue weighted by Crippen LogP contribution is 2.29. The SMILES string of the molecule is NC(=O)COc1ccc(N2CCN(CCn3c(=O)sc4c3nc(N)n3nc(-c5ccco5)cc43)CC2)c(F)c1. The molecule has 202 valence electrons. The first-order valence-electron chi connectivity index (χ1n) is 12.3. The summed E-state index contributed by atoms with van der Waals surface area (Å²) in [4.78, 5) is 32.4. The zero-order chi connectivity index (χ0) is 27.1. The Hall–Kier alpha value is -4.43. The van der Waals surface area contributed by atoms with Gasteiger partial charge in [-0.3, -0.25) is 19.1 Å². The molecule has 0 atom stereocenters. The number of ether oxygens (including phenoxy) is 1. The normalized spacial score (nSPS) is 14.4. The number of anilines is 2. The Morgan fingerprint density at radius 1 is 1.15 bits per heavy atom. The fraction of sp³-hybridized carbons (Fsp3) is 0.280. The first-order chi connectivity index (χ1) is 18.9. The van der Waals surface area contributed by atoms with Crippen molar-refractivity contribution in [1.82, 2.24) is 24.1 Å². The van der Waals surface area contributed by atoms with Crippen LogP contribution in [0, 0.1) is 5.82 Å². The van der Waals surface area contributed by atoms with E-state index in [1.807, 2.05) is 11.0 Å². The van der Waals surface area contributed by atoms with E-state index >= 15 is 0 Å². The average molecular weight is 553 g/mol. The van der Waals surface area contributed by atoms with Crippen LogP contribution in [0.2, 0.25) is 0 Å². The number of carbonyl (C=O) groups is 1. The summed E-state index contributed by atoms with van der Waals surface area (Å²) in [6, 6.07) is 9.95. The molecule has 0 saturated carbocycles. The number of thiazole rings is 1. The highest BCUT2D eigenvalue weighted by molar-refractivity contribution is 7.17. The number of nitrogens with zero attached hydrogens (tertiary/aromatic N) is 6. The third kappa shape index (κ3) is 4.79. The van der Waals surface area contributed by atoms with E-state index < -0.39 is 11.7 Å². The summed E-state index contributed by atoms with van der Waals surface area (Å²) in [6.07, 6.45) is 1.57. The van der Waals surface area contributed by atoms with E-state index in [1.54, 1.807) is 35.1 Å². The smallest absolute Gasteiger partial charge is 0.309 e. The number of hydrogen-bond donors (Lipinski definition) is 2. The zero-order valence-corrected chi connectivity index (χ0v) is 21.6. The van der Waals surface area contributed by atoms with Crippen molar-refractivity contribution in [2.75, 3.05) is 50.0 Å². The number of nitrogens with two attached hydrogens (primary N) is 2. The van der Waals surface area contributed by atoms with Gasteiger partial charge in [-0.05, 0) is 30.3 Å². The van der Waals surface area contributed by atoms with E-state index in [9.17, 15) is 14.0 Å². The number of halogens is 1. The van der Waals surface area contributed by atoms with Gasteiger partial charge in [-0.1, -0.05) is 11.3 Å². The van der Waals surface area contributed by atoms with Crippen molar-refractivity contribution >= 4 is 44.7 Å². The summed E-state index contributed by atoms with van der Waals surface area (Å²) in [5, 5.41) is 4.49. The lowest BCUT2D eigenvalue weighted by molar-refractivity contribution is -0.119. The van der Waals surface area contributed by atoms with Crippen molar-refractivity contribution in [2.24, 2.45) is 5.73 Å². The number of rotatable bonds is 8. The van der Waals surface area contributed by atoms with Crippen LogP contribution >= 0.6 is 11.3 Å². The summed E-state index contributed by atoms with van der Waals surface area (Å²) >= 11 is 1.11. The van der Waals surface area contributed by atoms with Crippen LogP contribution in [0.1, 0.15) is 0 Å². The molecule has 4 N–H and O–H groups in total. The maximum absolute atomic E-state index is 14.7. The molecular weight excluding hydrogens is 527 g/mol. The first kappa shape index (κ1) is 24.9. The number of piperazine rings is 1. The van der Waals surface area contributed by atoms with Gasteiger partial charge in [-0.25, -0.2) is 4.39 Å². The van der Waals surface area contributed by atoms with Crippen LogP contribution in [0.15, 0.2) is 51.9 Å². The number of nitrogen functional groups attached to an aromatic ring is 1. The number of hydrogen-bond acceptors (Lipinski definition) is 10. The summed E-state index contributed by atoms with van der Waals surface area (Å²) in [7, 11) is 0. The number of carbonyl (C=O) groups excluding carboxylic acids is 1. The maximum atomic E-state index is 14.7. The van der Waals surface area contributed by atoms with Crippen LogP contribution in [0.3, 0.4) is 0 Å². The van der Waals surface area contributed by atoms with Gasteiger partial charge in [-0.2, -0.15) is 14.6 Å². The molecule has 0 unspecified atom stereocenters. The molecular formula is C25H25FN8O4S. The number of fused-ring (bicyclic) bond motifs is 3. The van der Waals surface area contributed by atoms with Gasteiger partial charge in [0.2, 0.25) is 5.95 Å². The topological polar surface area (TPSA) is 150 Å². The minimum Gasteiger partial charge on any atom is -0.484 e. The standard InChI is InChI=1S/C25H25FN8O4S/c26-16-12-15(38-14-21(27)35)3-4-18(16)32-8-5-31(6-9-32)7-10-33-23-22(39-25(33)36)19-13-17(20-2-1-11-37-20)30-34(19)24(28)29-23/h1-4,11-13H,5-10,14H2,(H2,27,35)(H2,28,29). The Kier molecular flexibility index (Phi) is 6.40. The molecule has 1 aliphatic heterocycles. The Labute approximate surface area is 224 Å². The molecule has 5 heterocycles. The predicted molar refractivity (Wildman–Crippen MR) is 144 cm³/mol. The molecule has 1 aromatic carbocycles. The summed E-state index contributed by atoms with van der Waals surface area (Å²) in [5.41, 5.74) is 13.6. The third-order valence-corrected chi connectivity index (χ3v) is 7.67. The van der Waals surface area contributed by atoms with Gasteiger partial charge in [0.05, 0.1) is 17.5 Å². The number of amides is 1. The van der Waals surface area contributed by atoms with Crippen molar-refractivity contribution in [3.8, 4) is 17.2 Å². The van der Waals surface area contributed by atoms with Crippen molar-refractivity contribution in [3.63, 3.8) is 0 Å². The Bertz CT molecular complexity index is 1720. The van der Waals surface area contributed by atoms with Crippen LogP contribution in [-0.4, -0.2) is 69.3 Å². The van der Waals surface area contributed by atoms with Gasteiger partial charge >= 0.3 is 4.87 Å². The van der Waals surface area contributed by atoms with E-state index in [0.29, 0.717) is 72.3 Å². The third-order valence-electron chi connectivity index (χ3n) is 6.67. The fourth-order valence-electron chi connectivity index (χ4n) is 4.73. The molecule has 5 aromatic rings. The molecule has 0 spiro atoms. The van der Waals surface area contributed by atoms with Gasteiger partial charge in [0.15, 0.2) is 18.0 Å². The average Bonchev–Trinajstić information content (AvgIpc) is 3.66. The molecule has 0 bridgehead atoms. The number of primary amides is 1. The first-order valence-corrected chi connectivity index (χ1v) is 13.1. The van der Waals surface area contributed by atoms with E-state index in [-0.39, 0.29) is 23.2 Å². The summed E-state index contributed by atoms with van der Waals surface area (Å²) in [6.45, 7) is 3.41. The van der Waals surface area contributed by atoms with Crippen molar-refractivity contribution in [3.05, 3.63) is 58.1 Å². The number of aromatic nitrogens is 4. The van der Waals surface area contributed by atoms with Crippen LogP contribution < -0.4 is 26.0 Å². The van der Waals surface area contributed by atoms with Gasteiger partial charge in [0, 0.05) is 45.3 Å². The second-order valence-corrected chi connectivity index (χ2v) is 10.1. The Morgan fingerprint density at radius 3 is 2.69 bits per heavy atom. The lowest BCUT2D eigenvalue weighted by Gasteiger charge is -2.36. The summed E-state index contributed by atoms with van der Waals surface area (Å²) in [5.74, 6) is -0.0107. The van der Waals surface area contributed by atoms with Crippen LogP contribution in [-0.2, 0) is 11.3 Å². The quantitative estimate of drug-likeness (QED) is 0.294. The van der Waals surface area contributed by atoms with Crippen molar-refractivity contribution in [2.45, 2.75) is 6.54 Å². The molecule has 12 nitrogen and oxygen atoms in total. The van der Waals surface area contributed by atoms with Gasteiger partial charge in [0.25, 0.3) is 5.91 Å². The highest BCUT2D eigenvalue weighted by Gasteiger charge is 2.22. The lowest BCUT2D eigenvalue weighted by atomic mass is 10.2. The minimum absolute atomic E-state index is 0.120. The number of furan rings is 1. The maximum Gasteiger partial charge on any atom is 0.309 e. The van der Waals surface area contributed by atoms with Crippen LogP contribution in [0.4, 0.5) is 16.0 Å². The second kappa shape index (κ2) is 10.0. The van der Waals surface area contributed by atoms with E-state index in [0.717, 1.165) is 11.3 Å².